The lowest BCUT2D eigenvalue weighted by Crippen LogP contribution is -2.25. The molecule has 1 aromatic rings. The molecule has 2 saturated carbocycles. The molecular weight excluding hydrogens is 240 g/mol. The predicted octanol–water partition coefficient (Wildman–Crippen LogP) is 2.13. The van der Waals surface area contributed by atoms with E-state index in [9.17, 15) is 0 Å². The van der Waals surface area contributed by atoms with E-state index in [0.29, 0.717) is 12.0 Å². The van der Waals surface area contributed by atoms with E-state index in [0.717, 1.165) is 11.8 Å². The van der Waals surface area contributed by atoms with Crippen LogP contribution in [0, 0.1) is 11.8 Å². The fourth-order valence-corrected chi connectivity index (χ4v) is 2.32. The molecule has 1 N–H and O–H groups in total. The second-order valence-corrected chi connectivity index (χ2v) is 5.10. The second kappa shape index (κ2) is 4.29. The van der Waals surface area contributed by atoms with Crippen molar-refractivity contribution in [1.29, 1.82) is 0 Å². The number of methoxy groups -OCH3 is 1. The monoisotopic (exact) mass is 254 g/mol. The normalized spacial score (nSPS) is 19.5. The minimum atomic E-state index is 0.171. The van der Waals surface area contributed by atoms with Gasteiger partial charge in [-0.2, -0.15) is 15.0 Å². The van der Waals surface area contributed by atoms with Crippen molar-refractivity contribution in [2.75, 3.05) is 12.4 Å². The van der Waals surface area contributed by atoms with Gasteiger partial charge in [-0.25, -0.2) is 0 Å². The Labute approximate surface area is 105 Å². The molecule has 0 atom stereocenters. The quantitative estimate of drug-likeness (QED) is 0.872. The largest absolute Gasteiger partial charge is 0.467 e. The summed E-state index contributed by atoms with van der Waals surface area (Å²) in [6.07, 6.45) is 5.24. The van der Waals surface area contributed by atoms with Crippen molar-refractivity contribution in [2.45, 2.75) is 31.7 Å². The van der Waals surface area contributed by atoms with Crippen molar-refractivity contribution < 1.29 is 4.74 Å². The standard InChI is InChI=1S/C11H15ClN4O/c1-17-11-15-9(12)14-10(16-11)13-8(6-2-3-6)7-4-5-7/h6-8H,2-5H2,1H3,(H,13,14,15,16). The number of hydrogen-bond donors (Lipinski definition) is 1. The van der Waals surface area contributed by atoms with Gasteiger partial charge in [0, 0.05) is 6.04 Å². The van der Waals surface area contributed by atoms with Crippen LogP contribution in [0.3, 0.4) is 0 Å². The van der Waals surface area contributed by atoms with Crippen molar-refractivity contribution >= 4 is 17.5 Å². The maximum absolute atomic E-state index is 5.82. The molecule has 0 unspecified atom stereocenters. The summed E-state index contributed by atoms with van der Waals surface area (Å²) in [7, 11) is 1.52. The van der Waals surface area contributed by atoms with Crippen LogP contribution in [0.4, 0.5) is 5.95 Å². The summed E-state index contributed by atoms with van der Waals surface area (Å²) < 4.78 is 4.98. The Morgan fingerprint density at radius 3 is 2.35 bits per heavy atom. The van der Waals surface area contributed by atoms with Crippen LogP contribution < -0.4 is 10.1 Å². The van der Waals surface area contributed by atoms with Crippen LogP contribution in [0.1, 0.15) is 25.7 Å². The summed E-state index contributed by atoms with van der Waals surface area (Å²) in [6.45, 7) is 0. The Hall–Kier alpha value is -1.10. The maximum Gasteiger partial charge on any atom is 0.322 e. The number of nitrogens with one attached hydrogen (secondary N) is 1. The van der Waals surface area contributed by atoms with Crippen LogP contribution in [-0.4, -0.2) is 28.1 Å². The van der Waals surface area contributed by atoms with Crippen molar-refractivity contribution in [3.05, 3.63) is 5.28 Å². The zero-order chi connectivity index (χ0) is 11.8. The Bertz CT molecular complexity index is 408. The molecule has 17 heavy (non-hydrogen) atoms. The van der Waals surface area contributed by atoms with Crippen LogP contribution in [0.25, 0.3) is 0 Å². The summed E-state index contributed by atoms with van der Waals surface area (Å²) >= 11 is 5.82. The average molecular weight is 255 g/mol. The van der Waals surface area contributed by atoms with E-state index in [4.69, 9.17) is 16.3 Å². The van der Waals surface area contributed by atoms with Crippen molar-refractivity contribution in [2.24, 2.45) is 11.8 Å². The summed E-state index contributed by atoms with van der Waals surface area (Å²) in [5, 5.41) is 3.56. The topological polar surface area (TPSA) is 59.9 Å². The molecule has 0 radical (unpaired) electrons. The first kappa shape index (κ1) is 11.0. The number of nitrogens with zero attached hydrogens (tertiary/aromatic N) is 3. The molecule has 6 heteroatoms. The van der Waals surface area contributed by atoms with Gasteiger partial charge in [0.15, 0.2) is 0 Å². The van der Waals surface area contributed by atoms with E-state index in [2.05, 4.69) is 20.3 Å². The SMILES string of the molecule is COc1nc(Cl)nc(NC(C2CC2)C2CC2)n1. The number of ether oxygens (including phenoxy) is 1. The first-order valence-corrected chi connectivity index (χ1v) is 6.36. The van der Waals surface area contributed by atoms with Crippen LogP contribution >= 0.6 is 11.6 Å². The molecule has 0 amide bonds. The highest BCUT2D eigenvalue weighted by Gasteiger charge is 2.41. The lowest BCUT2D eigenvalue weighted by atomic mass is 10.1. The minimum absolute atomic E-state index is 0.171. The second-order valence-electron chi connectivity index (χ2n) is 4.76. The fraction of sp³-hybridized carbons (Fsp3) is 0.727. The molecule has 1 aromatic heterocycles. The first-order valence-electron chi connectivity index (χ1n) is 5.98. The third-order valence-electron chi connectivity index (χ3n) is 3.33. The number of rotatable bonds is 5. The van der Waals surface area contributed by atoms with Gasteiger partial charge in [0.1, 0.15) is 0 Å². The lowest BCUT2D eigenvalue weighted by molar-refractivity contribution is 0.378. The molecule has 0 aliphatic heterocycles. The van der Waals surface area contributed by atoms with Crippen molar-refractivity contribution in [3.63, 3.8) is 0 Å². The fourth-order valence-electron chi connectivity index (χ4n) is 2.17. The van der Waals surface area contributed by atoms with Gasteiger partial charge < -0.3 is 10.1 Å². The Morgan fingerprint density at radius 2 is 1.82 bits per heavy atom. The molecule has 2 aliphatic carbocycles. The van der Waals surface area contributed by atoms with Gasteiger partial charge in [-0.15, -0.1) is 0 Å². The summed E-state index contributed by atoms with van der Waals surface area (Å²) in [5.74, 6) is 2.10. The average Bonchev–Trinajstić information content (AvgIpc) is 3.16. The van der Waals surface area contributed by atoms with Gasteiger partial charge in [0.05, 0.1) is 7.11 Å². The highest BCUT2D eigenvalue weighted by Crippen LogP contribution is 2.45. The number of aromatic nitrogens is 3. The number of halogens is 1. The molecular formula is C11H15ClN4O. The van der Waals surface area contributed by atoms with E-state index >= 15 is 0 Å². The lowest BCUT2D eigenvalue weighted by Gasteiger charge is -2.17. The van der Waals surface area contributed by atoms with Crippen LogP contribution in [-0.2, 0) is 0 Å². The zero-order valence-electron chi connectivity index (χ0n) is 9.69. The number of hydrogen-bond acceptors (Lipinski definition) is 5. The van der Waals surface area contributed by atoms with Crippen molar-refractivity contribution in [3.8, 4) is 6.01 Å². The van der Waals surface area contributed by atoms with E-state index < -0.39 is 0 Å². The smallest absolute Gasteiger partial charge is 0.322 e. The molecule has 0 aromatic carbocycles. The summed E-state index contributed by atoms with van der Waals surface area (Å²) in [5.41, 5.74) is 0. The van der Waals surface area contributed by atoms with Gasteiger partial charge in [0.25, 0.3) is 0 Å². The Morgan fingerprint density at radius 1 is 1.18 bits per heavy atom. The van der Waals surface area contributed by atoms with Crippen molar-refractivity contribution in [1.82, 2.24) is 15.0 Å². The van der Waals surface area contributed by atoms with Gasteiger partial charge >= 0.3 is 6.01 Å². The first-order chi connectivity index (χ1) is 8.26. The molecule has 5 nitrogen and oxygen atoms in total. The predicted molar refractivity (Wildman–Crippen MR) is 64.2 cm³/mol. The van der Waals surface area contributed by atoms with Crippen LogP contribution in [0.2, 0.25) is 5.28 Å². The van der Waals surface area contributed by atoms with E-state index in [1.807, 2.05) is 0 Å². The molecule has 3 rings (SSSR count). The van der Waals surface area contributed by atoms with E-state index in [1.165, 1.54) is 32.8 Å². The highest BCUT2D eigenvalue weighted by atomic mass is 35.5. The third-order valence-corrected chi connectivity index (χ3v) is 3.49. The Kier molecular flexibility index (Phi) is 2.78. The van der Waals surface area contributed by atoms with Gasteiger partial charge in [-0.1, -0.05) is 0 Å². The maximum atomic E-state index is 5.82. The molecule has 92 valence electrons. The molecule has 0 bridgehead atoms. The van der Waals surface area contributed by atoms with E-state index in [1.54, 1.807) is 0 Å². The molecule has 2 fully saturated rings. The van der Waals surface area contributed by atoms with Gasteiger partial charge in [-0.05, 0) is 49.1 Å². The summed E-state index contributed by atoms with van der Waals surface area (Å²) in [6, 6.07) is 0.760. The zero-order valence-corrected chi connectivity index (χ0v) is 10.4. The molecule has 1 heterocycles. The highest BCUT2D eigenvalue weighted by molar-refractivity contribution is 6.28. The molecule has 2 aliphatic rings. The minimum Gasteiger partial charge on any atom is -0.467 e. The number of anilines is 1. The molecule has 0 spiro atoms. The summed E-state index contributed by atoms with van der Waals surface area (Å²) in [4.78, 5) is 12.1. The molecule has 0 saturated heterocycles. The van der Waals surface area contributed by atoms with Crippen LogP contribution in [0.5, 0.6) is 6.01 Å². The van der Waals surface area contributed by atoms with Gasteiger partial charge in [-0.3, -0.25) is 0 Å². The third kappa shape index (κ3) is 2.60. The van der Waals surface area contributed by atoms with Gasteiger partial charge in [0.2, 0.25) is 11.2 Å². The van der Waals surface area contributed by atoms with Crippen LogP contribution in [0.15, 0.2) is 0 Å². The Balaban J connectivity index is 1.76. The van der Waals surface area contributed by atoms with E-state index in [-0.39, 0.29) is 11.3 Å².